The summed E-state index contributed by atoms with van der Waals surface area (Å²) in [5, 5.41) is 3.53. The highest BCUT2D eigenvalue weighted by atomic mass is 15.3. The van der Waals surface area contributed by atoms with Gasteiger partial charge in [0.1, 0.15) is 0 Å². The maximum Gasteiger partial charge on any atom is 0.0129 e. The van der Waals surface area contributed by atoms with Crippen molar-refractivity contribution < 1.29 is 0 Å². The number of piperazine rings is 1. The molecule has 0 amide bonds. The fourth-order valence-electron chi connectivity index (χ4n) is 4.06. The van der Waals surface area contributed by atoms with Crippen molar-refractivity contribution in [2.45, 2.75) is 31.7 Å². The number of aryl methyl sites for hydroxylation is 1. The highest BCUT2D eigenvalue weighted by Crippen LogP contribution is 2.26. The standard InChI is InChI=1S/C19H31N3/c1-21-13-15-22(16-14-21)19(18-9-11-20-12-10-18)8-7-17-5-3-2-4-6-17/h2-6,18-20H,7-16H2,1H3. The number of hydrogen-bond acceptors (Lipinski definition) is 3. The smallest absolute Gasteiger partial charge is 0.0129 e. The van der Waals surface area contributed by atoms with Crippen molar-refractivity contribution in [3.05, 3.63) is 35.9 Å². The van der Waals surface area contributed by atoms with Gasteiger partial charge < -0.3 is 10.2 Å². The Morgan fingerprint density at radius 3 is 2.41 bits per heavy atom. The molecule has 0 radical (unpaired) electrons. The van der Waals surface area contributed by atoms with Crippen LogP contribution in [0.5, 0.6) is 0 Å². The van der Waals surface area contributed by atoms with Crippen LogP contribution in [0.15, 0.2) is 30.3 Å². The van der Waals surface area contributed by atoms with Crippen molar-refractivity contribution in [2.75, 3.05) is 46.3 Å². The normalized spacial score (nSPS) is 23.5. The van der Waals surface area contributed by atoms with Gasteiger partial charge in [0.05, 0.1) is 0 Å². The number of likely N-dealkylation sites (N-methyl/N-ethyl adjacent to an activating group) is 1. The molecular formula is C19H31N3. The first-order chi connectivity index (χ1) is 10.8. The third-order valence-corrected chi connectivity index (χ3v) is 5.51. The minimum atomic E-state index is 0.774. The molecule has 2 saturated heterocycles. The molecule has 0 saturated carbocycles. The average molecular weight is 301 g/mol. The van der Waals surface area contributed by atoms with Crippen molar-refractivity contribution in [2.24, 2.45) is 5.92 Å². The second kappa shape index (κ2) is 8.09. The Bertz CT molecular complexity index is 420. The van der Waals surface area contributed by atoms with E-state index in [1.165, 1.54) is 70.5 Å². The largest absolute Gasteiger partial charge is 0.317 e. The quantitative estimate of drug-likeness (QED) is 0.900. The SMILES string of the molecule is CN1CCN(C(CCc2ccccc2)C2CCNCC2)CC1. The van der Waals surface area contributed by atoms with E-state index in [2.05, 4.69) is 52.5 Å². The summed E-state index contributed by atoms with van der Waals surface area (Å²) in [7, 11) is 2.25. The van der Waals surface area contributed by atoms with Gasteiger partial charge in [-0.3, -0.25) is 4.90 Å². The molecule has 1 atom stereocenters. The monoisotopic (exact) mass is 301 g/mol. The van der Waals surface area contributed by atoms with Crippen LogP contribution in [-0.2, 0) is 6.42 Å². The number of piperidine rings is 1. The van der Waals surface area contributed by atoms with E-state index in [0.29, 0.717) is 0 Å². The Balaban J connectivity index is 1.62. The van der Waals surface area contributed by atoms with Gasteiger partial charge in [-0.05, 0) is 57.3 Å². The van der Waals surface area contributed by atoms with Gasteiger partial charge in [-0.1, -0.05) is 30.3 Å². The zero-order valence-electron chi connectivity index (χ0n) is 14.0. The van der Waals surface area contributed by atoms with Crippen LogP contribution < -0.4 is 5.32 Å². The highest BCUT2D eigenvalue weighted by Gasteiger charge is 2.30. The summed E-state index contributed by atoms with van der Waals surface area (Å²) in [5.41, 5.74) is 1.50. The lowest BCUT2D eigenvalue weighted by Crippen LogP contribution is -2.52. The van der Waals surface area contributed by atoms with Gasteiger partial charge in [0.15, 0.2) is 0 Å². The van der Waals surface area contributed by atoms with Gasteiger partial charge >= 0.3 is 0 Å². The molecule has 1 N–H and O–H groups in total. The maximum absolute atomic E-state index is 3.53. The number of rotatable bonds is 5. The van der Waals surface area contributed by atoms with Crippen molar-refractivity contribution >= 4 is 0 Å². The van der Waals surface area contributed by atoms with Gasteiger partial charge in [0.2, 0.25) is 0 Å². The minimum absolute atomic E-state index is 0.774. The van der Waals surface area contributed by atoms with Crippen molar-refractivity contribution in [3.63, 3.8) is 0 Å². The predicted octanol–water partition coefficient (Wildman–Crippen LogP) is 2.23. The molecule has 3 nitrogen and oxygen atoms in total. The molecule has 2 aliphatic rings. The number of nitrogens with one attached hydrogen (secondary N) is 1. The van der Waals surface area contributed by atoms with E-state index in [1.54, 1.807) is 0 Å². The molecule has 0 aliphatic carbocycles. The molecular weight excluding hydrogens is 270 g/mol. The summed E-state index contributed by atoms with van der Waals surface area (Å²) in [6.07, 6.45) is 5.25. The Morgan fingerprint density at radius 2 is 1.73 bits per heavy atom. The van der Waals surface area contributed by atoms with Crippen LogP contribution in [0.1, 0.15) is 24.8 Å². The maximum atomic E-state index is 3.53. The number of hydrogen-bond donors (Lipinski definition) is 1. The van der Waals surface area contributed by atoms with Crippen LogP contribution in [0.25, 0.3) is 0 Å². The van der Waals surface area contributed by atoms with E-state index >= 15 is 0 Å². The van der Waals surface area contributed by atoms with Crippen LogP contribution >= 0.6 is 0 Å². The van der Waals surface area contributed by atoms with E-state index in [9.17, 15) is 0 Å². The lowest BCUT2D eigenvalue weighted by atomic mass is 9.85. The molecule has 122 valence electrons. The Kier molecular flexibility index (Phi) is 5.88. The Labute approximate surface area is 135 Å². The summed E-state index contributed by atoms with van der Waals surface area (Å²) in [6.45, 7) is 7.37. The van der Waals surface area contributed by atoms with Gasteiger partial charge in [-0.2, -0.15) is 0 Å². The Hall–Kier alpha value is -0.900. The molecule has 0 spiro atoms. The highest BCUT2D eigenvalue weighted by molar-refractivity contribution is 5.15. The summed E-state index contributed by atoms with van der Waals surface area (Å²) in [6, 6.07) is 11.8. The Morgan fingerprint density at radius 1 is 1.05 bits per heavy atom. The van der Waals surface area contributed by atoms with Crippen LogP contribution in [-0.4, -0.2) is 62.2 Å². The van der Waals surface area contributed by atoms with Crippen LogP contribution in [0.4, 0.5) is 0 Å². The van der Waals surface area contributed by atoms with Gasteiger partial charge in [-0.15, -0.1) is 0 Å². The van der Waals surface area contributed by atoms with Crippen molar-refractivity contribution in [3.8, 4) is 0 Å². The van der Waals surface area contributed by atoms with Crippen molar-refractivity contribution in [1.29, 1.82) is 0 Å². The molecule has 0 aromatic heterocycles. The first-order valence-electron chi connectivity index (χ1n) is 9.00. The van der Waals surface area contributed by atoms with Gasteiger partial charge in [-0.25, -0.2) is 0 Å². The molecule has 0 bridgehead atoms. The van der Waals surface area contributed by atoms with Crippen LogP contribution in [0, 0.1) is 5.92 Å². The van der Waals surface area contributed by atoms with E-state index in [1.807, 2.05) is 0 Å². The lowest BCUT2D eigenvalue weighted by molar-refractivity contribution is 0.0651. The molecule has 1 unspecified atom stereocenters. The first kappa shape index (κ1) is 16.0. The van der Waals surface area contributed by atoms with E-state index in [-0.39, 0.29) is 0 Å². The van der Waals surface area contributed by atoms with E-state index in [4.69, 9.17) is 0 Å². The molecule has 2 aliphatic heterocycles. The van der Waals surface area contributed by atoms with Gasteiger partial charge in [0, 0.05) is 32.2 Å². The third-order valence-electron chi connectivity index (χ3n) is 5.51. The van der Waals surface area contributed by atoms with Crippen LogP contribution in [0.2, 0.25) is 0 Å². The summed E-state index contributed by atoms with van der Waals surface area (Å²) in [5.74, 6) is 0.883. The van der Waals surface area contributed by atoms with E-state index in [0.717, 1.165) is 12.0 Å². The molecule has 2 fully saturated rings. The third kappa shape index (κ3) is 4.31. The van der Waals surface area contributed by atoms with Crippen molar-refractivity contribution in [1.82, 2.24) is 15.1 Å². The molecule has 1 aromatic rings. The van der Waals surface area contributed by atoms with Crippen LogP contribution in [0.3, 0.4) is 0 Å². The molecule has 2 heterocycles. The second-order valence-electron chi connectivity index (χ2n) is 7.02. The zero-order valence-corrected chi connectivity index (χ0v) is 14.0. The van der Waals surface area contributed by atoms with E-state index < -0.39 is 0 Å². The lowest BCUT2D eigenvalue weighted by Gasteiger charge is -2.43. The minimum Gasteiger partial charge on any atom is -0.317 e. The second-order valence-corrected chi connectivity index (χ2v) is 7.02. The fourth-order valence-corrected chi connectivity index (χ4v) is 4.06. The average Bonchev–Trinajstić information content (AvgIpc) is 2.58. The topological polar surface area (TPSA) is 18.5 Å². The molecule has 22 heavy (non-hydrogen) atoms. The molecule has 1 aromatic carbocycles. The number of benzene rings is 1. The molecule has 3 heteroatoms. The predicted molar refractivity (Wildman–Crippen MR) is 93.2 cm³/mol. The first-order valence-corrected chi connectivity index (χ1v) is 9.00. The molecule has 3 rings (SSSR count). The zero-order chi connectivity index (χ0) is 15.2. The summed E-state index contributed by atoms with van der Waals surface area (Å²) >= 11 is 0. The fraction of sp³-hybridized carbons (Fsp3) is 0.684. The summed E-state index contributed by atoms with van der Waals surface area (Å²) in [4.78, 5) is 5.26. The van der Waals surface area contributed by atoms with Gasteiger partial charge in [0.25, 0.3) is 0 Å². The number of nitrogens with zero attached hydrogens (tertiary/aromatic N) is 2. The summed E-state index contributed by atoms with van der Waals surface area (Å²) < 4.78 is 0.